The zero-order chi connectivity index (χ0) is 11.0. The number of hydrogen-bond donors (Lipinski definition) is 0. The molecule has 0 radical (unpaired) electrons. The molecule has 0 N–H and O–H groups in total. The molecule has 0 unspecified atom stereocenters. The maximum absolute atomic E-state index is 5.67. The standard InChI is InChI=1S/C12H26O2/c1-6-7-12(13-8-10(2)3)14-9-11(4)5/h10-12H,6-9H2,1-5H3. The van der Waals surface area contributed by atoms with Crippen molar-refractivity contribution < 1.29 is 9.47 Å². The molecule has 0 aromatic heterocycles. The Morgan fingerprint density at radius 2 is 1.29 bits per heavy atom. The molecule has 0 amide bonds. The van der Waals surface area contributed by atoms with E-state index in [1.54, 1.807) is 0 Å². The van der Waals surface area contributed by atoms with Crippen molar-refractivity contribution in [3.8, 4) is 0 Å². The van der Waals surface area contributed by atoms with E-state index < -0.39 is 0 Å². The monoisotopic (exact) mass is 202 g/mol. The lowest BCUT2D eigenvalue weighted by atomic mass is 10.2. The summed E-state index contributed by atoms with van der Waals surface area (Å²) in [5.41, 5.74) is 0. The van der Waals surface area contributed by atoms with Crippen LogP contribution in [-0.2, 0) is 9.47 Å². The molecule has 0 bridgehead atoms. The molecule has 0 rings (SSSR count). The maximum atomic E-state index is 5.67. The number of hydrogen-bond acceptors (Lipinski definition) is 2. The van der Waals surface area contributed by atoms with Crippen LogP contribution in [0.1, 0.15) is 47.5 Å². The average Bonchev–Trinajstić information content (AvgIpc) is 2.09. The van der Waals surface area contributed by atoms with Crippen LogP contribution in [0, 0.1) is 11.8 Å². The number of rotatable bonds is 8. The van der Waals surface area contributed by atoms with E-state index in [-0.39, 0.29) is 6.29 Å². The zero-order valence-corrected chi connectivity index (χ0v) is 10.4. The summed E-state index contributed by atoms with van der Waals surface area (Å²) >= 11 is 0. The molecular weight excluding hydrogens is 176 g/mol. The van der Waals surface area contributed by atoms with Crippen molar-refractivity contribution >= 4 is 0 Å². The van der Waals surface area contributed by atoms with Crippen molar-refractivity contribution in [1.29, 1.82) is 0 Å². The molecule has 0 aliphatic rings. The molecule has 0 saturated carbocycles. The van der Waals surface area contributed by atoms with Gasteiger partial charge in [-0.1, -0.05) is 41.0 Å². The van der Waals surface area contributed by atoms with E-state index in [9.17, 15) is 0 Å². The van der Waals surface area contributed by atoms with Crippen LogP contribution in [0.25, 0.3) is 0 Å². The highest BCUT2D eigenvalue weighted by Gasteiger charge is 2.09. The van der Waals surface area contributed by atoms with Crippen LogP contribution in [0.4, 0.5) is 0 Å². The first-order valence-corrected chi connectivity index (χ1v) is 5.79. The van der Waals surface area contributed by atoms with Crippen LogP contribution in [0.5, 0.6) is 0 Å². The molecule has 0 spiro atoms. The summed E-state index contributed by atoms with van der Waals surface area (Å²) in [5.74, 6) is 1.16. The summed E-state index contributed by atoms with van der Waals surface area (Å²) in [5, 5.41) is 0. The third kappa shape index (κ3) is 8.52. The van der Waals surface area contributed by atoms with Crippen LogP contribution in [-0.4, -0.2) is 19.5 Å². The molecule has 0 aromatic carbocycles. The lowest BCUT2D eigenvalue weighted by molar-refractivity contribution is -0.157. The van der Waals surface area contributed by atoms with Gasteiger partial charge in [0.15, 0.2) is 6.29 Å². The van der Waals surface area contributed by atoms with E-state index in [0.29, 0.717) is 11.8 Å². The maximum Gasteiger partial charge on any atom is 0.157 e. The molecular formula is C12H26O2. The summed E-state index contributed by atoms with van der Waals surface area (Å²) in [6.45, 7) is 12.4. The van der Waals surface area contributed by atoms with Gasteiger partial charge in [0.1, 0.15) is 0 Å². The van der Waals surface area contributed by atoms with Gasteiger partial charge in [-0.2, -0.15) is 0 Å². The second-order valence-corrected chi connectivity index (χ2v) is 4.67. The van der Waals surface area contributed by atoms with Crippen molar-refractivity contribution in [2.75, 3.05) is 13.2 Å². The first-order valence-electron chi connectivity index (χ1n) is 5.79. The van der Waals surface area contributed by atoms with Crippen LogP contribution >= 0.6 is 0 Å². The van der Waals surface area contributed by atoms with Gasteiger partial charge in [-0.05, 0) is 18.3 Å². The van der Waals surface area contributed by atoms with E-state index in [1.165, 1.54) is 0 Å². The third-order valence-corrected chi connectivity index (χ3v) is 1.76. The molecule has 2 heteroatoms. The Bertz CT molecular complexity index is 109. The number of ether oxygens (including phenoxy) is 2. The van der Waals surface area contributed by atoms with E-state index in [1.807, 2.05) is 0 Å². The van der Waals surface area contributed by atoms with Crippen molar-refractivity contribution in [3.63, 3.8) is 0 Å². The fraction of sp³-hybridized carbons (Fsp3) is 1.00. The summed E-state index contributed by atoms with van der Waals surface area (Å²) < 4.78 is 11.3. The van der Waals surface area contributed by atoms with Gasteiger partial charge >= 0.3 is 0 Å². The van der Waals surface area contributed by atoms with Crippen molar-refractivity contribution in [2.24, 2.45) is 11.8 Å². The van der Waals surface area contributed by atoms with Crippen molar-refractivity contribution in [2.45, 2.75) is 53.8 Å². The minimum Gasteiger partial charge on any atom is -0.352 e. The Morgan fingerprint density at radius 1 is 0.857 bits per heavy atom. The smallest absolute Gasteiger partial charge is 0.157 e. The Kier molecular flexibility index (Phi) is 8.20. The Morgan fingerprint density at radius 3 is 1.57 bits per heavy atom. The predicted molar refractivity (Wildman–Crippen MR) is 60.3 cm³/mol. The molecule has 14 heavy (non-hydrogen) atoms. The largest absolute Gasteiger partial charge is 0.352 e. The van der Waals surface area contributed by atoms with Gasteiger partial charge in [-0.25, -0.2) is 0 Å². The summed E-state index contributed by atoms with van der Waals surface area (Å²) in [4.78, 5) is 0. The van der Waals surface area contributed by atoms with Crippen molar-refractivity contribution in [3.05, 3.63) is 0 Å². The van der Waals surface area contributed by atoms with Gasteiger partial charge in [-0.15, -0.1) is 0 Å². The van der Waals surface area contributed by atoms with Gasteiger partial charge in [0.05, 0.1) is 13.2 Å². The van der Waals surface area contributed by atoms with Gasteiger partial charge in [-0.3, -0.25) is 0 Å². The average molecular weight is 202 g/mol. The first-order chi connectivity index (χ1) is 6.56. The SMILES string of the molecule is CCCC(OCC(C)C)OCC(C)C. The fourth-order valence-corrected chi connectivity index (χ4v) is 1.05. The highest BCUT2D eigenvalue weighted by molar-refractivity contribution is 4.49. The normalized spacial score (nSPS) is 12.0. The van der Waals surface area contributed by atoms with E-state index in [2.05, 4.69) is 34.6 Å². The van der Waals surface area contributed by atoms with Gasteiger partial charge in [0, 0.05) is 0 Å². The lowest BCUT2D eigenvalue weighted by Gasteiger charge is -2.20. The molecule has 2 nitrogen and oxygen atoms in total. The molecule has 0 heterocycles. The molecule has 0 saturated heterocycles. The summed E-state index contributed by atoms with van der Waals surface area (Å²) in [7, 11) is 0. The quantitative estimate of drug-likeness (QED) is 0.561. The highest BCUT2D eigenvalue weighted by atomic mass is 16.7. The highest BCUT2D eigenvalue weighted by Crippen LogP contribution is 2.08. The van der Waals surface area contributed by atoms with Crippen molar-refractivity contribution in [1.82, 2.24) is 0 Å². The predicted octanol–water partition coefficient (Wildman–Crippen LogP) is 3.46. The van der Waals surface area contributed by atoms with E-state index >= 15 is 0 Å². The second-order valence-electron chi connectivity index (χ2n) is 4.67. The van der Waals surface area contributed by atoms with Gasteiger partial charge in [0.2, 0.25) is 0 Å². The van der Waals surface area contributed by atoms with Gasteiger partial charge < -0.3 is 9.47 Å². The fourth-order valence-electron chi connectivity index (χ4n) is 1.05. The Hall–Kier alpha value is -0.0800. The topological polar surface area (TPSA) is 18.5 Å². The molecule has 0 aromatic rings. The Labute approximate surface area is 89.0 Å². The summed E-state index contributed by atoms with van der Waals surface area (Å²) in [6, 6.07) is 0. The molecule has 0 aliphatic carbocycles. The van der Waals surface area contributed by atoms with Crippen LogP contribution in [0.3, 0.4) is 0 Å². The van der Waals surface area contributed by atoms with Crippen LogP contribution in [0.15, 0.2) is 0 Å². The van der Waals surface area contributed by atoms with Crippen LogP contribution in [0.2, 0.25) is 0 Å². The summed E-state index contributed by atoms with van der Waals surface area (Å²) in [6.07, 6.45) is 2.12. The van der Waals surface area contributed by atoms with E-state index in [4.69, 9.17) is 9.47 Å². The second kappa shape index (κ2) is 8.25. The zero-order valence-electron chi connectivity index (χ0n) is 10.4. The molecule has 0 atom stereocenters. The molecule has 0 fully saturated rings. The lowest BCUT2D eigenvalue weighted by Crippen LogP contribution is -2.21. The van der Waals surface area contributed by atoms with Crippen LogP contribution < -0.4 is 0 Å². The minimum atomic E-state index is 0.00444. The first kappa shape index (κ1) is 13.9. The van der Waals surface area contributed by atoms with E-state index in [0.717, 1.165) is 26.1 Å². The minimum absolute atomic E-state index is 0.00444. The molecule has 86 valence electrons. The Balaban J connectivity index is 3.65. The molecule has 0 aliphatic heterocycles. The van der Waals surface area contributed by atoms with Gasteiger partial charge in [0.25, 0.3) is 0 Å². The third-order valence-electron chi connectivity index (χ3n) is 1.76.